The van der Waals surface area contributed by atoms with Gasteiger partial charge in [-0.2, -0.15) is 13.2 Å². The van der Waals surface area contributed by atoms with E-state index in [4.69, 9.17) is 0 Å². The van der Waals surface area contributed by atoms with Gasteiger partial charge in [0.2, 0.25) is 17.7 Å². The third-order valence-electron chi connectivity index (χ3n) is 5.07. The van der Waals surface area contributed by atoms with Gasteiger partial charge in [-0.1, -0.05) is 0 Å². The van der Waals surface area contributed by atoms with Crippen molar-refractivity contribution in [3.05, 3.63) is 23.8 Å². The molecule has 1 fully saturated rings. The van der Waals surface area contributed by atoms with Gasteiger partial charge in [0, 0.05) is 51.6 Å². The molecule has 1 N–H and O–H groups in total. The summed E-state index contributed by atoms with van der Waals surface area (Å²) in [6, 6.07) is 3.20. The molecule has 1 aromatic carbocycles. The SMILES string of the molecule is CN(C)C(=O)CN1CCN(C(=O)CC2Sc3ccc(C(F)(F)F)cc3NC2=O)CC1. The number of piperazine rings is 1. The molecule has 1 aromatic rings. The number of fused-ring (bicyclic) bond motifs is 1. The van der Waals surface area contributed by atoms with E-state index in [1.165, 1.54) is 11.0 Å². The van der Waals surface area contributed by atoms with Gasteiger partial charge in [0.1, 0.15) is 0 Å². The fraction of sp³-hybridized carbons (Fsp3) is 0.526. The number of amides is 3. The first-order chi connectivity index (χ1) is 14.0. The number of halogens is 3. The maximum Gasteiger partial charge on any atom is 0.416 e. The number of thioether (sulfide) groups is 1. The molecule has 1 atom stereocenters. The van der Waals surface area contributed by atoms with Gasteiger partial charge in [0.25, 0.3) is 0 Å². The van der Waals surface area contributed by atoms with Crippen LogP contribution >= 0.6 is 11.8 Å². The zero-order valence-corrected chi connectivity index (χ0v) is 17.5. The lowest BCUT2D eigenvalue weighted by Gasteiger charge is -2.35. The molecule has 2 aliphatic heterocycles. The van der Waals surface area contributed by atoms with Gasteiger partial charge in [0.05, 0.1) is 23.0 Å². The zero-order chi connectivity index (χ0) is 22.1. The number of rotatable bonds is 4. The van der Waals surface area contributed by atoms with Gasteiger partial charge >= 0.3 is 6.18 Å². The van der Waals surface area contributed by atoms with Gasteiger partial charge in [-0.05, 0) is 18.2 Å². The van der Waals surface area contributed by atoms with E-state index in [9.17, 15) is 27.6 Å². The Balaban J connectivity index is 1.55. The fourth-order valence-corrected chi connectivity index (χ4v) is 4.32. The molecule has 30 heavy (non-hydrogen) atoms. The highest BCUT2D eigenvalue weighted by Gasteiger charge is 2.35. The van der Waals surface area contributed by atoms with Gasteiger partial charge < -0.3 is 15.1 Å². The van der Waals surface area contributed by atoms with Crippen molar-refractivity contribution in [2.45, 2.75) is 22.7 Å². The highest BCUT2D eigenvalue weighted by atomic mass is 32.2. The first-order valence-electron chi connectivity index (χ1n) is 9.43. The molecule has 0 radical (unpaired) electrons. The molecule has 2 aliphatic rings. The molecule has 3 rings (SSSR count). The molecule has 1 saturated heterocycles. The van der Waals surface area contributed by atoms with Crippen LogP contribution in [0, 0.1) is 0 Å². The van der Waals surface area contributed by atoms with Gasteiger partial charge in [-0.25, -0.2) is 0 Å². The number of hydrogen-bond donors (Lipinski definition) is 1. The van der Waals surface area contributed by atoms with E-state index in [2.05, 4.69) is 5.32 Å². The number of carbonyl (C=O) groups excluding carboxylic acids is 3. The lowest BCUT2D eigenvalue weighted by molar-refractivity contribution is -0.137. The number of nitrogens with one attached hydrogen (secondary N) is 1. The summed E-state index contributed by atoms with van der Waals surface area (Å²) in [5, 5.41) is 1.79. The molecule has 2 heterocycles. The number of alkyl halides is 3. The summed E-state index contributed by atoms with van der Waals surface area (Å²) in [6.07, 6.45) is -4.52. The van der Waals surface area contributed by atoms with Crippen molar-refractivity contribution >= 4 is 35.2 Å². The van der Waals surface area contributed by atoms with Crippen LogP contribution in [-0.2, 0) is 20.6 Å². The van der Waals surface area contributed by atoms with Crippen LogP contribution in [0.25, 0.3) is 0 Å². The number of nitrogens with zero attached hydrogens (tertiary/aromatic N) is 3. The summed E-state index contributed by atoms with van der Waals surface area (Å²) in [4.78, 5) is 42.4. The third kappa shape index (κ3) is 5.25. The van der Waals surface area contributed by atoms with E-state index in [0.717, 1.165) is 23.9 Å². The van der Waals surface area contributed by atoms with Crippen molar-refractivity contribution in [3.8, 4) is 0 Å². The van der Waals surface area contributed by atoms with Crippen LogP contribution < -0.4 is 5.32 Å². The number of hydrogen-bond acceptors (Lipinski definition) is 5. The van der Waals surface area contributed by atoms with Gasteiger partial charge in [-0.15, -0.1) is 11.8 Å². The van der Waals surface area contributed by atoms with Crippen molar-refractivity contribution in [1.82, 2.24) is 14.7 Å². The standard InChI is InChI=1S/C19H23F3N4O3S/c1-24(2)17(28)11-25-5-7-26(8-6-25)16(27)10-15-18(29)23-13-9-12(19(20,21)22)3-4-14(13)30-15/h3-4,9,15H,5-8,10-11H2,1-2H3,(H,23,29). The van der Waals surface area contributed by atoms with Crippen LogP contribution in [0.15, 0.2) is 23.1 Å². The van der Waals surface area contributed by atoms with Crippen LogP contribution in [0.4, 0.5) is 18.9 Å². The lowest BCUT2D eigenvalue weighted by Crippen LogP contribution is -2.51. The molecule has 11 heteroatoms. The van der Waals surface area contributed by atoms with E-state index in [-0.39, 0.29) is 23.9 Å². The van der Waals surface area contributed by atoms with E-state index in [1.54, 1.807) is 19.0 Å². The second-order valence-electron chi connectivity index (χ2n) is 7.45. The Labute approximate surface area is 176 Å². The first-order valence-corrected chi connectivity index (χ1v) is 10.3. The summed E-state index contributed by atoms with van der Waals surface area (Å²) >= 11 is 1.10. The van der Waals surface area contributed by atoms with E-state index in [1.807, 2.05) is 4.90 Å². The second kappa shape index (κ2) is 8.84. The second-order valence-corrected chi connectivity index (χ2v) is 8.70. The number of likely N-dealkylation sites (N-methyl/N-ethyl adjacent to an activating group) is 1. The molecule has 0 aliphatic carbocycles. The quantitative estimate of drug-likeness (QED) is 0.766. The molecule has 3 amide bonds. The maximum atomic E-state index is 12.9. The molecular formula is C19H23F3N4O3S. The average Bonchev–Trinajstić information content (AvgIpc) is 2.67. The van der Waals surface area contributed by atoms with Crippen LogP contribution in [0.3, 0.4) is 0 Å². The molecule has 0 aromatic heterocycles. The minimum Gasteiger partial charge on any atom is -0.348 e. The topological polar surface area (TPSA) is 73.0 Å². The number of benzene rings is 1. The maximum absolute atomic E-state index is 12.9. The molecular weight excluding hydrogens is 421 g/mol. The first kappa shape index (κ1) is 22.4. The Morgan fingerprint density at radius 2 is 1.87 bits per heavy atom. The summed E-state index contributed by atoms with van der Waals surface area (Å²) in [5.41, 5.74) is -0.718. The van der Waals surface area contributed by atoms with Crippen LogP contribution in [0.5, 0.6) is 0 Å². The zero-order valence-electron chi connectivity index (χ0n) is 16.7. The normalized spacial score (nSPS) is 19.8. The Hall–Kier alpha value is -2.27. The molecule has 0 saturated carbocycles. The van der Waals surface area contributed by atoms with E-state index in [0.29, 0.717) is 37.6 Å². The van der Waals surface area contributed by atoms with Crippen LogP contribution in [0.1, 0.15) is 12.0 Å². The average molecular weight is 444 g/mol. The van der Waals surface area contributed by atoms with Gasteiger partial charge in [0.15, 0.2) is 0 Å². The summed E-state index contributed by atoms with van der Waals surface area (Å²) in [7, 11) is 3.38. The minimum atomic E-state index is -4.49. The molecule has 0 spiro atoms. The predicted octanol–water partition coefficient (Wildman–Crippen LogP) is 1.74. The van der Waals surface area contributed by atoms with E-state index < -0.39 is 22.9 Å². The van der Waals surface area contributed by atoms with E-state index >= 15 is 0 Å². The Morgan fingerprint density at radius 1 is 1.20 bits per heavy atom. The number of anilines is 1. The monoisotopic (exact) mass is 444 g/mol. The largest absolute Gasteiger partial charge is 0.416 e. The number of carbonyl (C=O) groups is 3. The van der Waals surface area contributed by atoms with Crippen molar-refractivity contribution < 1.29 is 27.6 Å². The Morgan fingerprint density at radius 3 is 2.47 bits per heavy atom. The fourth-order valence-electron chi connectivity index (χ4n) is 3.24. The van der Waals surface area contributed by atoms with Crippen molar-refractivity contribution in [2.24, 2.45) is 0 Å². The predicted molar refractivity (Wildman–Crippen MR) is 106 cm³/mol. The Bertz CT molecular complexity index is 839. The van der Waals surface area contributed by atoms with Crippen LogP contribution in [0.2, 0.25) is 0 Å². The molecule has 0 bridgehead atoms. The molecule has 164 valence electrons. The third-order valence-corrected chi connectivity index (χ3v) is 6.34. The summed E-state index contributed by atoms with van der Waals surface area (Å²) in [6.45, 7) is 2.36. The summed E-state index contributed by atoms with van der Waals surface area (Å²) in [5.74, 6) is -0.663. The highest BCUT2D eigenvalue weighted by molar-refractivity contribution is 8.01. The minimum absolute atomic E-state index is 0.00241. The summed E-state index contributed by atoms with van der Waals surface area (Å²) < 4.78 is 38.6. The van der Waals surface area contributed by atoms with Crippen molar-refractivity contribution in [2.75, 3.05) is 52.1 Å². The highest BCUT2D eigenvalue weighted by Crippen LogP contribution is 2.40. The van der Waals surface area contributed by atoms with Crippen LogP contribution in [-0.4, -0.2) is 84.5 Å². The molecule has 1 unspecified atom stereocenters. The van der Waals surface area contributed by atoms with Gasteiger partial charge in [-0.3, -0.25) is 19.3 Å². The lowest BCUT2D eigenvalue weighted by atomic mass is 10.1. The smallest absolute Gasteiger partial charge is 0.348 e. The van der Waals surface area contributed by atoms with Crippen molar-refractivity contribution in [3.63, 3.8) is 0 Å². The Kier molecular flexibility index (Phi) is 6.61. The molecule has 7 nitrogen and oxygen atoms in total. The van der Waals surface area contributed by atoms with Crippen molar-refractivity contribution in [1.29, 1.82) is 0 Å².